The Morgan fingerprint density at radius 2 is 2.15 bits per heavy atom. The number of hydrogen-bond donors (Lipinski definition) is 0. The first-order chi connectivity index (χ1) is 12.7. The fraction of sp³-hybridized carbons (Fsp3) is 0.474. The van der Waals surface area contributed by atoms with Crippen LogP contribution in [0.3, 0.4) is 0 Å². The summed E-state index contributed by atoms with van der Waals surface area (Å²) >= 11 is 0. The zero-order valence-electron chi connectivity index (χ0n) is 15.5. The maximum absolute atomic E-state index is 5.54. The van der Waals surface area contributed by atoms with E-state index in [4.69, 9.17) is 14.8 Å². The molecule has 26 heavy (non-hydrogen) atoms. The lowest BCUT2D eigenvalue weighted by Gasteiger charge is -2.08. The van der Waals surface area contributed by atoms with Gasteiger partial charge in [0.1, 0.15) is 0 Å². The first-order valence-electron chi connectivity index (χ1n) is 9.17. The van der Waals surface area contributed by atoms with E-state index in [1.54, 1.807) is 6.20 Å². The Kier molecular flexibility index (Phi) is 4.55. The summed E-state index contributed by atoms with van der Waals surface area (Å²) in [6.45, 7) is 8.65. The Labute approximate surface area is 153 Å². The van der Waals surface area contributed by atoms with Gasteiger partial charge in [0.2, 0.25) is 0 Å². The van der Waals surface area contributed by atoms with E-state index in [0.29, 0.717) is 6.61 Å². The molecule has 1 unspecified atom stereocenters. The molecule has 0 N–H and O–H groups in total. The summed E-state index contributed by atoms with van der Waals surface area (Å²) in [6, 6.07) is 1.98. The molecular weight excluding hydrogens is 328 g/mol. The van der Waals surface area contributed by atoms with E-state index in [-0.39, 0.29) is 5.92 Å². The van der Waals surface area contributed by atoms with Crippen molar-refractivity contribution in [3.63, 3.8) is 0 Å². The van der Waals surface area contributed by atoms with Crippen molar-refractivity contribution in [1.82, 2.24) is 29.5 Å². The predicted octanol–water partition coefficient (Wildman–Crippen LogP) is 3.06. The fourth-order valence-corrected chi connectivity index (χ4v) is 3.39. The lowest BCUT2D eigenvalue weighted by molar-refractivity contribution is 0.193. The quantitative estimate of drug-likeness (QED) is 0.706. The third-order valence-corrected chi connectivity index (χ3v) is 4.92. The monoisotopic (exact) mass is 352 g/mol. The highest BCUT2D eigenvalue weighted by molar-refractivity contribution is 5.60. The van der Waals surface area contributed by atoms with Crippen molar-refractivity contribution in [3.8, 4) is 17.1 Å². The van der Waals surface area contributed by atoms with E-state index in [1.807, 2.05) is 34.7 Å². The molecule has 3 aromatic rings. The van der Waals surface area contributed by atoms with Crippen LogP contribution in [0.25, 0.3) is 17.1 Å². The summed E-state index contributed by atoms with van der Waals surface area (Å²) in [5, 5.41) is 9.40. The normalized spacial score (nSPS) is 17.1. The number of hydrogen-bond acceptors (Lipinski definition) is 5. The van der Waals surface area contributed by atoms with Gasteiger partial charge in [0, 0.05) is 37.2 Å². The van der Waals surface area contributed by atoms with Gasteiger partial charge in [-0.25, -0.2) is 9.67 Å². The number of pyridine rings is 1. The Morgan fingerprint density at radius 1 is 1.27 bits per heavy atom. The highest BCUT2D eigenvalue weighted by atomic mass is 16.5. The molecule has 0 radical (unpaired) electrons. The largest absolute Gasteiger partial charge is 0.381 e. The Balaban J connectivity index is 1.86. The zero-order chi connectivity index (χ0) is 18.1. The molecule has 3 aromatic heterocycles. The number of aromatic nitrogens is 6. The van der Waals surface area contributed by atoms with Crippen LogP contribution in [0.5, 0.6) is 0 Å². The lowest BCUT2D eigenvalue weighted by atomic mass is 10.1. The molecule has 0 amide bonds. The molecule has 0 aromatic carbocycles. The van der Waals surface area contributed by atoms with Gasteiger partial charge >= 0.3 is 0 Å². The summed E-state index contributed by atoms with van der Waals surface area (Å²) in [7, 11) is 0. The average Bonchev–Trinajstić information content (AvgIpc) is 3.36. The van der Waals surface area contributed by atoms with Crippen molar-refractivity contribution in [3.05, 3.63) is 41.7 Å². The smallest absolute Gasteiger partial charge is 0.166 e. The van der Waals surface area contributed by atoms with E-state index in [9.17, 15) is 0 Å². The molecule has 7 nitrogen and oxygen atoms in total. The number of rotatable bonds is 5. The minimum atomic E-state index is 0.253. The molecule has 0 aliphatic carbocycles. The summed E-state index contributed by atoms with van der Waals surface area (Å²) in [4.78, 5) is 9.12. The SMILES string of the molecule is CCCn1ncc(-c2nc(C3CCOC3)nn2-c2ccncc2C)c1C. The van der Waals surface area contributed by atoms with Gasteiger partial charge in [-0.3, -0.25) is 9.67 Å². The third-order valence-electron chi connectivity index (χ3n) is 4.92. The molecule has 1 fully saturated rings. The molecule has 1 aliphatic heterocycles. The van der Waals surface area contributed by atoms with Gasteiger partial charge in [-0.2, -0.15) is 10.2 Å². The van der Waals surface area contributed by atoms with Crippen LogP contribution in [0.2, 0.25) is 0 Å². The summed E-state index contributed by atoms with van der Waals surface area (Å²) < 4.78 is 9.51. The summed E-state index contributed by atoms with van der Waals surface area (Å²) in [6.07, 6.45) is 7.55. The van der Waals surface area contributed by atoms with Crippen LogP contribution < -0.4 is 0 Å². The van der Waals surface area contributed by atoms with Gasteiger partial charge < -0.3 is 4.74 Å². The topological polar surface area (TPSA) is 70.7 Å². The van der Waals surface area contributed by atoms with E-state index in [0.717, 1.165) is 60.2 Å². The van der Waals surface area contributed by atoms with Crippen molar-refractivity contribution in [2.75, 3.05) is 13.2 Å². The molecule has 0 spiro atoms. The van der Waals surface area contributed by atoms with Gasteiger partial charge in [0.15, 0.2) is 11.6 Å². The highest BCUT2D eigenvalue weighted by Gasteiger charge is 2.26. The van der Waals surface area contributed by atoms with Crippen LogP contribution in [0, 0.1) is 13.8 Å². The van der Waals surface area contributed by atoms with Gasteiger partial charge in [0.05, 0.1) is 24.1 Å². The minimum absolute atomic E-state index is 0.253. The number of nitrogens with zero attached hydrogens (tertiary/aromatic N) is 6. The van der Waals surface area contributed by atoms with E-state index >= 15 is 0 Å². The van der Waals surface area contributed by atoms with Crippen LogP contribution in [-0.4, -0.2) is 42.7 Å². The first kappa shape index (κ1) is 16.9. The van der Waals surface area contributed by atoms with Crippen molar-refractivity contribution in [1.29, 1.82) is 0 Å². The summed E-state index contributed by atoms with van der Waals surface area (Å²) in [5.74, 6) is 1.93. The molecule has 7 heteroatoms. The Hall–Kier alpha value is -2.54. The van der Waals surface area contributed by atoms with Crippen LogP contribution in [0.4, 0.5) is 0 Å². The average molecular weight is 352 g/mol. The maximum atomic E-state index is 5.54. The highest BCUT2D eigenvalue weighted by Crippen LogP contribution is 2.29. The molecule has 4 heterocycles. The first-order valence-corrected chi connectivity index (χ1v) is 9.17. The molecule has 0 bridgehead atoms. The van der Waals surface area contributed by atoms with Crippen LogP contribution in [0.15, 0.2) is 24.7 Å². The fourth-order valence-electron chi connectivity index (χ4n) is 3.39. The van der Waals surface area contributed by atoms with Crippen molar-refractivity contribution >= 4 is 0 Å². The summed E-state index contributed by atoms with van der Waals surface area (Å²) in [5.41, 5.74) is 4.19. The molecular formula is C19H24N6O. The van der Waals surface area contributed by atoms with Gasteiger partial charge in [-0.1, -0.05) is 6.92 Å². The molecule has 1 aliphatic rings. The van der Waals surface area contributed by atoms with Crippen molar-refractivity contribution in [2.24, 2.45) is 0 Å². The molecule has 1 atom stereocenters. The second-order valence-corrected chi connectivity index (χ2v) is 6.79. The zero-order valence-corrected chi connectivity index (χ0v) is 15.5. The molecule has 4 rings (SSSR count). The molecule has 0 saturated carbocycles. The number of aryl methyl sites for hydroxylation is 2. The Morgan fingerprint density at radius 3 is 2.88 bits per heavy atom. The van der Waals surface area contributed by atoms with E-state index < -0.39 is 0 Å². The van der Waals surface area contributed by atoms with E-state index in [2.05, 4.69) is 23.9 Å². The van der Waals surface area contributed by atoms with Gasteiger partial charge in [0.25, 0.3) is 0 Å². The van der Waals surface area contributed by atoms with Gasteiger partial charge in [-0.05, 0) is 38.3 Å². The minimum Gasteiger partial charge on any atom is -0.381 e. The third kappa shape index (κ3) is 2.92. The lowest BCUT2D eigenvalue weighted by Crippen LogP contribution is -2.05. The predicted molar refractivity (Wildman–Crippen MR) is 98.3 cm³/mol. The van der Waals surface area contributed by atoms with Crippen LogP contribution in [0.1, 0.15) is 42.8 Å². The Bertz CT molecular complexity index is 907. The molecule has 136 valence electrons. The van der Waals surface area contributed by atoms with Crippen molar-refractivity contribution in [2.45, 2.75) is 46.1 Å². The second-order valence-electron chi connectivity index (χ2n) is 6.79. The van der Waals surface area contributed by atoms with E-state index in [1.165, 1.54) is 0 Å². The molecule has 1 saturated heterocycles. The standard InChI is InChI=1S/C19H24N6O/c1-4-8-24-14(3)16(11-21-24)19-22-18(15-6-9-26-12-15)23-25(19)17-5-7-20-10-13(17)2/h5,7,10-11,15H,4,6,8-9,12H2,1-3H3. The number of ether oxygens (including phenoxy) is 1. The van der Waals surface area contributed by atoms with Gasteiger partial charge in [-0.15, -0.1) is 0 Å². The van der Waals surface area contributed by atoms with Crippen molar-refractivity contribution < 1.29 is 4.74 Å². The van der Waals surface area contributed by atoms with Crippen LogP contribution in [-0.2, 0) is 11.3 Å². The second kappa shape index (κ2) is 6.99. The maximum Gasteiger partial charge on any atom is 0.166 e. The van der Waals surface area contributed by atoms with Crippen LogP contribution >= 0.6 is 0 Å².